The summed E-state index contributed by atoms with van der Waals surface area (Å²) in [6.07, 6.45) is 6.50. The Morgan fingerprint density at radius 2 is 2.19 bits per heavy atom. The number of benzene rings is 1. The molecule has 0 bridgehead atoms. The van der Waals surface area contributed by atoms with Crippen molar-refractivity contribution >= 4 is 11.9 Å². The van der Waals surface area contributed by atoms with Crippen molar-refractivity contribution in [1.29, 1.82) is 0 Å². The van der Waals surface area contributed by atoms with Crippen LogP contribution in [0.25, 0.3) is 6.08 Å². The summed E-state index contributed by atoms with van der Waals surface area (Å²) in [5.41, 5.74) is 1.44. The third kappa shape index (κ3) is 2.94. The standard InChI is InChI=1S/C16H16N2O3/c1-16(20-9-10-21-16)13-4-2-3-12(11-13)14(19)5-6-15-17-7-8-18-15/h2-8,11H,9-10H2,1H3,(H,17,18). The molecular weight excluding hydrogens is 268 g/mol. The summed E-state index contributed by atoms with van der Waals surface area (Å²) < 4.78 is 11.2. The Bertz CT molecular complexity index is 656. The second kappa shape index (κ2) is 5.63. The first-order valence-electron chi connectivity index (χ1n) is 6.78. The fourth-order valence-corrected chi connectivity index (χ4v) is 2.26. The van der Waals surface area contributed by atoms with Crippen molar-refractivity contribution in [3.05, 3.63) is 59.7 Å². The van der Waals surface area contributed by atoms with Gasteiger partial charge in [0.25, 0.3) is 0 Å². The van der Waals surface area contributed by atoms with Gasteiger partial charge in [-0.1, -0.05) is 18.2 Å². The van der Waals surface area contributed by atoms with E-state index in [4.69, 9.17) is 9.47 Å². The minimum atomic E-state index is -0.763. The minimum Gasteiger partial charge on any atom is -0.345 e. The molecule has 1 aromatic carbocycles. The van der Waals surface area contributed by atoms with E-state index in [-0.39, 0.29) is 5.78 Å². The van der Waals surface area contributed by atoms with Crippen LogP contribution in [-0.2, 0) is 15.3 Å². The molecule has 21 heavy (non-hydrogen) atoms. The van der Waals surface area contributed by atoms with E-state index < -0.39 is 5.79 Å². The lowest BCUT2D eigenvalue weighted by atomic mass is 10.0. The molecule has 1 aliphatic rings. The van der Waals surface area contributed by atoms with Gasteiger partial charge in [0.2, 0.25) is 0 Å². The number of H-pyrrole nitrogens is 1. The summed E-state index contributed by atoms with van der Waals surface area (Å²) in [4.78, 5) is 19.2. The van der Waals surface area contributed by atoms with Gasteiger partial charge in [0.1, 0.15) is 5.82 Å². The Labute approximate surface area is 122 Å². The van der Waals surface area contributed by atoms with Crippen LogP contribution in [0, 0.1) is 0 Å². The summed E-state index contributed by atoms with van der Waals surface area (Å²) in [5.74, 6) is -0.204. The van der Waals surface area contributed by atoms with E-state index in [0.29, 0.717) is 24.6 Å². The second-order valence-electron chi connectivity index (χ2n) is 4.90. The van der Waals surface area contributed by atoms with Gasteiger partial charge in [0, 0.05) is 23.5 Å². The summed E-state index contributed by atoms with van der Waals surface area (Å²) in [5, 5.41) is 0. The van der Waals surface area contributed by atoms with E-state index in [1.807, 2.05) is 19.1 Å². The third-order valence-corrected chi connectivity index (χ3v) is 3.42. The van der Waals surface area contributed by atoms with Gasteiger partial charge in [0.15, 0.2) is 11.6 Å². The number of nitrogens with zero attached hydrogens (tertiary/aromatic N) is 1. The molecule has 2 heterocycles. The molecule has 3 rings (SSSR count). The molecule has 1 fully saturated rings. The molecule has 0 radical (unpaired) electrons. The average molecular weight is 284 g/mol. The molecule has 5 nitrogen and oxygen atoms in total. The van der Waals surface area contributed by atoms with Gasteiger partial charge in [-0.2, -0.15) is 0 Å². The molecule has 0 amide bonds. The average Bonchev–Trinajstić information content (AvgIpc) is 3.17. The molecule has 0 spiro atoms. The highest BCUT2D eigenvalue weighted by molar-refractivity contribution is 6.06. The minimum absolute atomic E-state index is 0.0881. The maximum absolute atomic E-state index is 12.2. The Morgan fingerprint density at radius 3 is 2.90 bits per heavy atom. The number of carbonyl (C=O) groups excluding carboxylic acids is 1. The number of hydrogen-bond donors (Lipinski definition) is 1. The molecule has 108 valence electrons. The van der Waals surface area contributed by atoms with Crippen molar-refractivity contribution in [1.82, 2.24) is 9.97 Å². The van der Waals surface area contributed by atoms with E-state index in [0.717, 1.165) is 5.56 Å². The van der Waals surface area contributed by atoms with Crippen LogP contribution in [0.2, 0.25) is 0 Å². The van der Waals surface area contributed by atoms with Gasteiger partial charge in [-0.3, -0.25) is 4.79 Å². The highest BCUT2D eigenvalue weighted by atomic mass is 16.7. The number of aromatic amines is 1. The van der Waals surface area contributed by atoms with E-state index in [1.165, 1.54) is 6.08 Å². The van der Waals surface area contributed by atoms with Gasteiger partial charge < -0.3 is 14.5 Å². The number of ketones is 1. The smallest absolute Gasteiger partial charge is 0.192 e. The van der Waals surface area contributed by atoms with Crippen molar-refractivity contribution in [2.24, 2.45) is 0 Å². The molecule has 1 N–H and O–H groups in total. The molecule has 0 unspecified atom stereocenters. The fourth-order valence-electron chi connectivity index (χ4n) is 2.26. The first-order chi connectivity index (χ1) is 10.2. The molecule has 1 saturated heterocycles. The number of rotatable bonds is 4. The summed E-state index contributed by atoms with van der Waals surface area (Å²) >= 11 is 0. The van der Waals surface area contributed by atoms with Crippen molar-refractivity contribution in [2.45, 2.75) is 12.7 Å². The van der Waals surface area contributed by atoms with Gasteiger partial charge in [0.05, 0.1) is 13.2 Å². The Kier molecular flexibility index (Phi) is 3.68. The number of aromatic nitrogens is 2. The Morgan fingerprint density at radius 1 is 1.38 bits per heavy atom. The Hall–Kier alpha value is -2.24. The number of imidazole rings is 1. The van der Waals surface area contributed by atoms with Crippen molar-refractivity contribution in [3.8, 4) is 0 Å². The highest BCUT2D eigenvalue weighted by Crippen LogP contribution is 2.31. The van der Waals surface area contributed by atoms with Gasteiger partial charge in [-0.15, -0.1) is 0 Å². The zero-order chi connectivity index (χ0) is 14.7. The molecular formula is C16H16N2O3. The second-order valence-corrected chi connectivity index (χ2v) is 4.90. The number of nitrogens with one attached hydrogen (secondary N) is 1. The molecule has 0 saturated carbocycles. The molecule has 2 aromatic rings. The van der Waals surface area contributed by atoms with Crippen LogP contribution >= 0.6 is 0 Å². The SMILES string of the molecule is CC1(c2cccc(C(=O)C=Cc3ncc[nH]3)c2)OCCO1. The van der Waals surface area contributed by atoms with Crippen molar-refractivity contribution in [3.63, 3.8) is 0 Å². The zero-order valence-electron chi connectivity index (χ0n) is 11.7. The quantitative estimate of drug-likeness (QED) is 0.692. The van der Waals surface area contributed by atoms with Crippen molar-refractivity contribution < 1.29 is 14.3 Å². The summed E-state index contributed by atoms with van der Waals surface area (Å²) in [6.45, 7) is 2.99. The lowest BCUT2D eigenvalue weighted by Crippen LogP contribution is -2.22. The summed E-state index contributed by atoms with van der Waals surface area (Å²) in [7, 11) is 0. The molecule has 1 aliphatic heterocycles. The first-order valence-corrected chi connectivity index (χ1v) is 6.78. The molecule has 0 aliphatic carbocycles. The van der Waals surface area contributed by atoms with E-state index in [1.54, 1.807) is 30.6 Å². The number of carbonyl (C=O) groups is 1. The predicted molar refractivity (Wildman–Crippen MR) is 77.7 cm³/mol. The molecule has 0 atom stereocenters. The molecule has 5 heteroatoms. The lowest BCUT2D eigenvalue weighted by Gasteiger charge is -2.22. The lowest BCUT2D eigenvalue weighted by molar-refractivity contribution is -0.149. The number of hydrogen-bond acceptors (Lipinski definition) is 4. The maximum Gasteiger partial charge on any atom is 0.192 e. The van der Waals surface area contributed by atoms with Crippen LogP contribution in [0.1, 0.15) is 28.7 Å². The van der Waals surface area contributed by atoms with E-state index in [9.17, 15) is 4.79 Å². The monoisotopic (exact) mass is 284 g/mol. The van der Waals surface area contributed by atoms with Gasteiger partial charge in [-0.25, -0.2) is 4.98 Å². The van der Waals surface area contributed by atoms with E-state index >= 15 is 0 Å². The van der Waals surface area contributed by atoms with Crippen LogP contribution in [0.5, 0.6) is 0 Å². The zero-order valence-corrected chi connectivity index (χ0v) is 11.7. The van der Waals surface area contributed by atoms with Gasteiger partial charge in [-0.05, 0) is 25.1 Å². The molecule has 1 aromatic heterocycles. The predicted octanol–water partition coefficient (Wildman–Crippen LogP) is 2.53. The van der Waals surface area contributed by atoms with Crippen LogP contribution < -0.4 is 0 Å². The highest BCUT2D eigenvalue weighted by Gasteiger charge is 2.33. The van der Waals surface area contributed by atoms with Crippen LogP contribution in [0.3, 0.4) is 0 Å². The largest absolute Gasteiger partial charge is 0.345 e. The third-order valence-electron chi connectivity index (χ3n) is 3.42. The first kappa shape index (κ1) is 13.7. The maximum atomic E-state index is 12.2. The number of ether oxygens (including phenoxy) is 2. The summed E-state index contributed by atoms with van der Waals surface area (Å²) in [6, 6.07) is 7.31. The van der Waals surface area contributed by atoms with Gasteiger partial charge >= 0.3 is 0 Å². The topological polar surface area (TPSA) is 64.2 Å². The fraction of sp³-hybridized carbons (Fsp3) is 0.250. The number of allylic oxidation sites excluding steroid dienone is 1. The van der Waals surface area contributed by atoms with Crippen LogP contribution in [-0.4, -0.2) is 29.0 Å². The normalized spacial score (nSPS) is 17.4. The van der Waals surface area contributed by atoms with E-state index in [2.05, 4.69) is 9.97 Å². The Balaban J connectivity index is 1.81. The van der Waals surface area contributed by atoms with Crippen LogP contribution in [0.15, 0.2) is 42.7 Å². The van der Waals surface area contributed by atoms with Crippen molar-refractivity contribution in [2.75, 3.05) is 13.2 Å². The van der Waals surface area contributed by atoms with Crippen LogP contribution in [0.4, 0.5) is 0 Å².